The number of hydrogen-bond donors (Lipinski definition) is 2. The van der Waals surface area contributed by atoms with Crippen molar-refractivity contribution < 1.29 is 21.6 Å². The highest BCUT2D eigenvalue weighted by molar-refractivity contribution is 7.92. The number of anilines is 1. The van der Waals surface area contributed by atoms with Crippen LogP contribution in [0.3, 0.4) is 0 Å². The quantitative estimate of drug-likeness (QED) is 0.655. The number of hydrogen-bond acceptors (Lipinski definition) is 5. The van der Waals surface area contributed by atoms with E-state index in [1.807, 2.05) is 6.07 Å². The van der Waals surface area contributed by atoms with E-state index in [4.69, 9.17) is 9.88 Å². The van der Waals surface area contributed by atoms with Gasteiger partial charge < -0.3 is 4.74 Å². The lowest BCUT2D eigenvalue weighted by Gasteiger charge is -2.13. The molecule has 0 aromatic heterocycles. The molecule has 3 aromatic rings. The van der Waals surface area contributed by atoms with Crippen LogP contribution < -0.4 is 14.6 Å². The van der Waals surface area contributed by atoms with Gasteiger partial charge in [-0.25, -0.2) is 22.0 Å². The Balaban J connectivity index is 1.88. The molecule has 3 N–H and O–H groups in total. The number of nitrogens with one attached hydrogen (secondary N) is 1. The molecule has 0 heterocycles. The van der Waals surface area contributed by atoms with Crippen LogP contribution in [-0.4, -0.2) is 16.8 Å². The molecule has 0 saturated carbocycles. The maximum absolute atomic E-state index is 12.6. The summed E-state index contributed by atoms with van der Waals surface area (Å²) in [4.78, 5) is -0.279. The lowest BCUT2D eigenvalue weighted by Crippen LogP contribution is -2.15. The number of ether oxygens (including phenoxy) is 1. The standard InChI is InChI=1S/C18H16N2O5S2/c19-26(21,22)15-10-12-16(13-11-15)27(23,24)20-17-8-4-5-9-18(17)25-14-6-2-1-3-7-14/h1-13,20H,(H2,19,21,22). The van der Waals surface area contributed by atoms with Crippen molar-refractivity contribution in [3.63, 3.8) is 0 Å². The number of benzene rings is 3. The van der Waals surface area contributed by atoms with Crippen LogP contribution in [0.4, 0.5) is 5.69 Å². The van der Waals surface area contributed by atoms with Gasteiger partial charge in [0.1, 0.15) is 5.75 Å². The lowest BCUT2D eigenvalue weighted by molar-refractivity contribution is 0.485. The summed E-state index contributed by atoms with van der Waals surface area (Å²) in [7, 11) is -7.86. The third-order valence-electron chi connectivity index (χ3n) is 3.56. The van der Waals surface area contributed by atoms with Crippen LogP contribution in [0.1, 0.15) is 0 Å². The normalized spacial score (nSPS) is 11.7. The molecule has 0 saturated heterocycles. The minimum absolute atomic E-state index is 0.107. The Morgan fingerprint density at radius 1 is 0.704 bits per heavy atom. The van der Waals surface area contributed by atoms with Gasteiger partial charge in [0.2, 0.25) is 10.0 Å². The van der Waals surface area contributed by atoms with Gasteiger partial charge >= 0.3 is 0 Å². The molecule has 140 valence electrons. The second-order valence-electron chi connectivity index (χ2n) is 5.53. The van der Waals surface area contributed by atoms with Crippen molar-refractivity contribution in [3.05, 3.63) is 78.9 Å². The molecule has 7 nitrogen and oxygen atoms in total. The van der Waals surface area contributed by atoms with E-state index in [9.17, 15) is 16.8 Å². The first-order valence-electron chi connectivity index (χ1n) is 7.73. The maximum atomic E-state index is 12.6. The average Bonchev–Trinajstić information content (AvgIpc) is 2.63. The van der Waals surface area contributed by atoms with Crippen molar-refractivity contribution in [1.82, 2.24) is 0 Å². The molecule has 0 aliphatic heterocycles. The van der Waals surface area contributed by atoms with E-state index in [2.05, 4.69) is 4.72 Å². The highest BCUT2D eigenvalue weighted by Gasteiger charge is 2.18. The summed E-state index contributed by atoms with van der Waals surface area (Å²) in [6.07, 6.45) is 0. The fourth-order valence-electron chi connectivity index (χ4n) is 2.27. The molecule has 0 aliphatic rings. The van der Waals surface area contributed by atoms with E-state index in [0.29, 0.717) is 11.5 Å². The second-order valence-corrected chi connectivity index (χ2v) is 8.78. The Morgan fingerprint density at radius 2 is 1.26 bits per heavy atom. The molecule has 9 heteroatoms. The van der Waals surface area contributed by atoms with Crippen LogP contribution in [0.5, 0.6) is 11.5 Å². The minimum atomic E-state index is -3.96. The van der Waals surface area contributed by atoms with Crippen molar-refractivity contribution in [2.24, 2.45) is 5.14 Å². The molecule has 3 aromatic carbocycles. The van der Waals surface area contributed by atoms with Gasteiger partial charge in [0.25, 0.3) is 10.0 Å². The molecule has 0 radical (unpaired) electrons. The van der Waals surface area contributed by atoms with Gasteiger partial charge in [0, 0.05) is 0 Å². The lowest BCUT2D eigenvalue weighted by atomic mass is 10.3. The van der Waals surface area contributed by atoms with E-state index < -0.39 is 20.0 Å². The number of primary sulfonamides is 1. The summed E-state index contributed by atoms with van der Waals surface area (Å²) in [6, 6.07) is 20.1. The SMILES string of the molecule is NS(=O)(=O)c1ccc(S(=O)(=O)Nc2ccccc2Oc2ccccc2)cc1. The Morgan fingerprint density at radius 3 is 1.89 bits per heavy atom. The second kappa shape index (κ2) is 7.39. The Labute approximate surface area is 157 Å². The molecule has 27 heavy (non-hydrogen) atoms. The van der Waals surface area contributed by atoms with Crippen LogP contribution in [-0.2, 0) is 20.0 Å². The fourth-order valence-corrected chi connectivity index (χ4v) is 3.85. The smallest absolute Gasteiger partial charge is 0.262 e. The van der Waals surface area contributed by atoms with Gasteiger partial charge in [-0.15, -0.1) is 0 Å². The van der Waals surface area contributed by atoms with Crippen LogP contribution in [0.2, 0.25) is 0 Å². The molecule has 0 amide bonds. The van der Waals surface area contributed by atoms with Gasteiger partial charge in [-0.05, 0) is 48.5 Å². The van der Waals surface area contributed by atoms with Gasteiger partial charge in [-0.3, -0.25) is 4.72 Å². The van der Waals surface area contributed by atoms with Crippen molar-refractivity contribution in [2.45, 2.75) is 9.79 Å². The Hall–Kier alpha value is -2.88. The topological polar surface area (TPSA) is 116 Å². The molecule has 3 rings (SSSR count). The Bertz CT molecular complexity index is 1140. The summed E-state index contributed by atoms with van der Waals surface area (Å²) in [6.45, 7) is 0. The molecule has 0 atom stereocenters. The molecular formula is C18H16N2O5S2. The predicted octanol–water partition coefficient (Wildman–Crippen LogP) is 2.93. The third-order valence-corrected chi connectivity index (χ3v) is 5.88. The summed E-state index contributed by atoms with van der Waals surface area (Å²) < 4.78 is 56.0. The van der Waals surface area contributed by atoms with Gasteiger partial charge in [-0.2, -0.15) is 0 Å². The van der Waals surface area contributed by atoms with Crippen molar-refractivity contribution in [1.29, 1.82) is 0 Å². The van der Waals surface area contributed by atoms with Crippen LogP contribution in [0, 0.1) is 0 Å². The van der Waals surface area contributed by atoms with Crippen LogP contribution in [0.15, 0.2) is 88.7 Å². The highest BCUT2D eigenvalue weighted by Crippen LogP contribution is 2.30. The van der Waals surface area contributed by atoms with Gasteiger partial charge in [0.15, 0.2) is 5.75 Å². The molecule has 0 bridgehead atoms. The van der Waals surface area contributed by atoms with Gasteiger partial charge in [0.05, 0.1) is 15.5 Å². The van der Waals surface area contributed by atoms with Crippen LogP contribution >= 0.6 is 0 Å². The summed E-state index contributed by atoms with van der Waals surface area (Å²) in [5.41, 5.74) is 0.247. The first kappa shape index (κ1) is 18.9. The van der Waals surface area contributed by atoms with E-state index in [1.165, 1.54) is 12.1 Å². The Kier molecular flexibility index (Phi) is 5.17. The molecule has 0 spiro atoms. The van der Waals surface area contributed by atoms with E-state index in [-0.39, 0.29) is 15.5 Å². The van der Waals surface area contributed by atoms with Crippen molar-refractivity contribution in [2.75, 3.05) is 4.72 Å². The third kappa shape index (κ3) is 4.64. The summed E-state index contributed by atoms with van der Waals surface area (Å²) in [5.74, 6) is 0.884. The van der Waals surface area contributed by atoms with Crippen LogP contribution in [0.25, 0.3) is 0 Å². The first-order valence-corrected chi connectivity index (χ1v) is 10.8. The minimum Gasteiger partial charge on any atom is -0.455 e. The summed E-state index contributed by atoms with van der Waals surface area (Å²) >= 11 is 0. The number of para-hydroxylation sites is 3. The van der Waals surface area contributed by atoms with Crippen molar-refractivity contribution >= 4 is 25.7 Å². The number of nitrogens with two attached hydrogens (primary N) is 1. The predicted molar refractivity (Wildman–Crippen MR) is 102 cm³/mol. The van der Waals surface area contributed by atoms with E-state index in [0.717, 1.165) is 12.1 Å². The molecule has 0 aliphatic carbocycles. The zero-order valence-corrected chi connectivity index (χ0v) is 15.6. The van der Waals surface area contributed by atoms with E-state index in [1.54, 1.807) is 48.5 Å². The maximum Gasteiger partial charge on any atom is 0.262 e. The monoisotopic (exact) mass is 404 g/mol. The zero-order chi connectivity index (χ0) is 19.5. The van der Waals surface area contributed by atoms with E-state index >= 15 is 0 Å². The largest absolute Gasteiger partial charge is 0.455 e. The van der Waals surface area contributed by atoms with Gasteiger partial charge in [-0.1, -0.05) is 30.3 Å². The number of sulfonamides is 2. The fraction of sp³-hybridized carbons (Fsp3) is 0. The first-order chi connectivity index (χ1) is 12.8. The molecule has 0 unspecified atom stereocenters. The highest BCUT2D eigenvalue weighted by atomic mass is 32.2. The number of rotatable bonds is 6. The summed E-state index contributed by atoms with van der Waals surface area (Å²) in [5, 5.41) is 5.02. The average molecular weight is 404 g/mol. The molecule has 0 fully saturated rings. The molecular weight excluding hydrogens is 388 g/mol. The zero-order valence-electron chi connectivity index (χ0n) is 13.9. The van der Waals surface area contributed by atoms with Crippen molar-refractivity contribution in [3.8, 4) is 11.5 Å².